The summed E-state index contributed by atoms with van der Waals surface area (Å²) in [5, 5.41) is 0.566. The van der Waals surface area contributed by atoms with Gasteiger partial charge in [-0.25, -0.2) is 4.39 Å². The first-order chi connectivity index (χ1) is 6.99. The van der Waals surface area contributed by atoms with Crippen LogP contribution in [0.5, 0.6) is 0 Å². The molecule has 0 spiro atoms. The van der Waals surface area contributed by atoms with E-state index in [1.54, 1.807) is 0 Å². The lowest BCUT2D eigenvalue weighted by atomic mass is 9.93. The van der Waals surface area contributed by atoms with Crippen molar-refractivity contribution in [3.63, 3.8) is 0 Å². The van der Waals surface area contributed by atoms with Crippen LogP contribution in [0.25, 0.3) is 0 Å². The molecule has 1 nitrogen and oxygen atoms in total. The zero-order chi connectivity index (χ0) is 11.6. The number of hydrogen-bond acceptors (Lipinski definition) is 1. The average Bonchev–Trinajstić information content (AvgIpc) is 2.22. The molecule has 0 aliphatic heterocycles. The average molecular weight is 287 g/mol. The third-order valence-corrected chi connectivity index (χ3v) is 3.49. The van der Waals surface area contributed by atoms with Crippen LogP contribution in [-0.2, 0) is 0 Å². The maximum absolute atomic E-state index is 13.6. The summed E-state index contributed by atoms with van der Waals surface area (Å²) >= 11 is 11.8. The van der Waals surface area contributed by atoms with Gasteiger partial charge in [0.1, 0.15) is 5.82 Å². The van der Waals surface area contributed by atoms with Gasteiger partial charge in [-0.3, -0.25) is 0 Å². The minimum Gasteiger partial charge on any atom is -0.324 e. The first-order valence-electron chi connectivity index (χ1n) is 4.88. The van der Waals surface area contributed by atoms with E-state index in [0.29, 0.717) is 10.6 Å². The first-order valence-corrected chi connectivity index (χ1v) is 5.63. The van der Waals surface area contributed by atoms with Gasteiger partial charge in [0.15, 0.2) is 0 Å². The molecule has 0 aliphatic rings. The maximum Gasteiger partial charge on any atom is 0.129 e. The lowest BCUT2D eigenvalue weighted by molar-refractivity contribution is 0.439. The topological polar surface area (TPSA) is 26.0 Å². The number of halogens is 4. The number of nitrogens with two attached hydrogens (primary N) is 1. The van der Waals surface area contributed by atoms with Crippen molar-refractivity contribution < 1.29 is 4.39 Å². The van der Waals surface area contributed by atoms with E-state index in [-0.39, 0.29) is 23.3 Å². The second-order valence-electron chi connectivity index (χ2n) is 3.67. The highest BCUT2D eigenvalue weighted by Gasteiger charge is 2.21. The number of rotatable bonds is 3. The second kappa shape index (κ2) is 6.65. The molecule has 0 amide bonds. The fraction of sp³-hybridized carbons (Fsp3) is 0.455. The molecule has 0 aromatic heterocycles. The van der Waals surface area contributed by atoms with Gasteiger partial charge in [-0.2, -0.15) is 0 Å². The lowest BCUT2D eigenvalue weighted by Crippen LogP contribution is -2.20. The largest absolute Gasteiger partial charge is 0.324 e. The second-order valence-corrected chi connectivity index (χ2v) is 4.45. The molecule has 5 heteroatoms. The van der Waals surface area contributed by atoms with E-state index in [2.05, 4.69) is 0 Å². The molecule has 0 radical (unpaired) electrons. The molecular formula is C11H15Cl3FN. The fourth-order valence-corrected chi connectivity index (χ4v) is 1.83. The first kappa shape index (κ1) is 16.0. The predicted molar refractivity (Wildman–Crippen MR) is 70.1 cm³/mol. The Balaban J connectivity index is 0.00000225. The van der Waals surface area contributed by atoms with Gasteiger partial charge in [0, 0.05) is 11.6 Å². The van der Waals surface area contributed by atoms with Crippen molar-refractivity contribution in [2.45, 2.75) is 26.3 Å². The van der Waals surface area contributed by atoms with Crippen LogP contribution in [0, 0.1) is 11.7 Å². The van der Waals surface area contributed by atoms with Crippen molar-refractivity contribution in [3.05, 3.63) is 33.6 Å². The molecule has 16 heavy (non-hydrogen) atoms. The molecule has 0 saturated carbocycles. The van der Waals surface area contributed by atoms with Crippen LogP contribution in [-0.4, -0.2) is 0 Å². The van der Waals surface area contributed by atoms with E-state index in [1.807, 2.05) is 13.8 Å². The molecule has 0 heterocycles. The normalized spacial score (nSPS) is 14.1. The van der Waals surface area contributed by atoms with Gasteiger partial charge in [-0.1, -0.05) is 43.5 Å². The Morgan fingerprint density at radius 3 is 2.44 bits per heavy atom. The predicted octanol–water partition coefficient (Wildman–Crippen LogP) is 4.60. The summed E-state index contributed by atoms with van der Waals surface area (Å²) in [7, 11) is 0. The number of benzene rings is 1. The zero-order valence-corrected chi connectivity index (χ0v) is 11.5. The van der Waals surface area contributed by atoms with Gasteiger partial charge in [-0.15, -0.1) is 12.4 Å². The Kier molecular flexibility index (Phi) is 6.64. The molecule has 0 saturated heterocycles. The van der Waals surface area contributed by atoms with Crippen molar-refractivity contribution in [1.29, 1.82) is 0 Å². The highest BCUT2D eigenvalue weighted by molar-refractivity contribution is 6.42. The van der Waals surface area contributed by atoms with Crippen LogP contribution in [0.15, 0.2) is 12.1 Å². The summed E-state index contributed by atoms with van der Waals surface area (Å²) in [5.74, 6) is -0.229. The summed E-state index contributed by atoms with van der Waals surface area (Å²) < 4.78 is 13.6. The van der Waals surface area contributed by atoms with E-state index in [0.717, 1.165) is 6.42 Å². The Bertz CT molecular complexity index is 357. The third kappa shape index (κ3) is 3.24. The molecule has 0 fully saturated rings. The van der Waals surface area contributed by atoms with Gasteiger partial charge in [0.05, 0.1) is 10.0 Å². The van der Waals surface area contributed by atoms with Crippen LogP contribution < -0.4 is 5.73 Å². The monoisotopic (exact) mass is 285 g/mol. The molecule has 2 atom stereocenters. The lowest BCUT2D eigenvalue weighted by Gasteiger charge is -2.20. The summed E-state index contributed by atoms with van der Waals surface area (Å²) in [6.07, 6.45) is 0.865. The standard InChI is InChI=1S/C11H14Cl2FN.ClH/c1-3-6(2)11(15)9-8(14)5-4-7(12)10(9)13;/h4-6,11H,3,15H2,1-2H3;1H/t6?,11-;/m1./s1. The molecule has 92 valence electrons. The molecule has 1 unspecified atom stereocenters. The van der Waals surface area contributed by atoms with Crippen LogP contribution in [0.2, 0.25) is 10.0 Å². The van der Waals surface area contributed by atoms with E-state index < -0.39 is 11.9 Å². The van der Waals surface area contributed by atoms with Crippen molar-refractivity contribution in [3.8, 4) is 0 Å². The van der Waals surface area contributed by atoms with Gasteiger partial charge < -0.3 is 5.73 Å². The fourth-order valence-electron chi connectivity index (χ4n) is 1.39. The summed E-state index contributed by atoms with van der Waals surface area (Å²) in [6.45, 7) is 3.96. The van der Waals surface area contributed by atoms with Crippen molar-refractivity contribution in [2.24, 2.45) is 11.7 Å². The van der Waals surface area contributed by atoms with Crippen molar-refractivity contribution in [2.75, 3.05) is 0 Å². The van der Waals surface area contributed by atoms with Crippen LogP contribution >= 0.6 is 35.6 Å². The van der Waals surface area contributed by atoms with Crippen LogP contribution in [0.4, 0.5) is 4.39 Å². The van der Waals surface area contributed by atoms with E-state index in [9.17, 15) is 4.39 Å². The minimum absolute atomic E-state index is 0. The summed E-state index contributed by atoms with van der Waals surface area (Å²) in [4.78, 5) is 0. The van der Waals surface area contributed by atoms with Crippen LogP contribution in [0.1, 0.15) is 31.9 Å². The van der Waals surface area contributed by atoms with E-state index in [4.69, 9.17) is 28.9 Å². The Hall–Kier alpha value is -0.0200. The van der Waals surface area contributed by atoms with E-state index >= 15 is 0 Å². The molecular weight excluding hydrogens is 271 g/mol. The van der Waals surface area contributed by atoms with Crippen molar-refractivity contribution in [1.82, 2.24) is 0 Å². The maximum atomic E-state index is 13.6. The Labute approximate surface area is 112 Å². The molecule has 2 N–H and O–H groups in total. The highest BCUT2D eigenvalue weighted by atomic mass is 35.5. The summed E-state index contributed by atoms with van der Waals surface area (Å²) in [6, 6.07) is 2.32. The van der Waals surface area contributed by atoms with Crippen LogP contribution in [0.3, 0.4) is 0 Å². The van der Waals surface area contributed by atoms with E-state index in [1.165, 1.54) is 12.1 Å². The zero-order valence-electron chi connectivity index (χ0n) is 9.14. The number of hydrogen-bond donors (Lipinski definition) is 1. The highest BCUT2D eigenvalue weighted by Crippen LogP contribution is 2.34. The molecule has 0 aliphatic carbocycles. The molecule has 0 bridgehead atoms. The minimum atomic E-state index is -0.416. The molecule has 1 aromatic rings. The van der Waals surface area contributed by atoms with Gasteiger partial charge in [-0.05, 0) is 18.1 Å². The molecule has 1 aromatic carbocycles. The Morgan fingerprint density at radius 1 is 1.38 bits per heavy atom. The van der Waals surface area contributed by atoms with Crippen molar-refractivity contribution >= 4 is 35.6 Å². The quantitative estimate of drug-likeness (QED) is 0.807. The third-order valence-electron chi connectivity index (χ3n) is 2.67. The molecule has 1 rings (SSSR count). The summed E-state index contributed by atoms with van der Waals surface area (Å²) in [5.41, 5.74) is 6.25. The van der Waals surface area contributed by atoms with Gasteiger partial charge >= 0.3 is 0 Å². The SMILES string of the molecule is CCC(C)[C@@H](N)c1c(F)ccc(Cl)c1Cl.Cl. The van der Waals surface area contributed by atoms with Gasteiger partial charge in [0.2, 0.25) is 0 Å². The van der Waals surface area contributed by atoms with Gasteiger partial charge in [0.25, 0.3) is 0 Å². The smallest absolute Gasteiger partial charge is 0.129 e. The Morgan fingerprint density at radius 2 is 1.94 bits per heavy atom.